The van der Waals surface area contributed by atoms with Gasteiger partial charge in [-0.05, 0) is 34.6 Å². The Morgan fingerprint density at radius 3 is 1.80 bits per heavy atom. The highest BCUT2D eigenvalue weighted by molar-refractivity contribution is 7.54. The van der Waals surface area contributed by atoms with E-state index in [9.17, 15) is 4.57 Å². The summed E-state index contributed by atoms with van der Waals surface area (Å²) >= 11 is 0. The Morgan fingerprint density at radius 2 is 1.47 bits per heavy atom. The lowest BCUT2D eigenvalue weighted by Gasteiger charge is -2.27. The summed E-state index contributed by atoms with van der Waals surface area (Å²) in [7, 11) is -3.02. The third-order valence-electron chi connectivity index (χ3n) is 2.23. The second kappa shape index (κ2) is 7.39. The maximum atomic E-state index is 12.3. The van der Waals surface area contributed by atoms with Gasteiger partial charge in [0.1, 0.15) is 0 Å². The standard InChI is InChI=1S/C10H23O4P/c1-6-12-9(4)10(5)15(11,13-7-2)14-8-3/h9-10H,6-8H2,1-5H3. The molecule has 15 heavy (non-hydrogen) atoms. The maximum absolute atomic E-state index is 12.3. The summed E-state index contributed by atoms with van der Waals surface area (Å²) in [6.45, 7) is 10.6. The number of hydrogen-bond acceptors (Lipinski definition) is 4. The van der Waals surface area contributed by atoms with E-state index in [1.165, 1.54) is 0 Å². The van der Waals surface area contributed by atoms with E-state index in [-0.39, 0.29) is 11.8 Å². The highest BCUT2D eigenvalue weighted by Crippen LogP contribution is 2.54. The molecule has 2 unspecified atom stereocenters. The molecule has 2 atom stereocenters. The molecule has 0 rings (SSSR count). The zero-order valence-electron chi connectivity index (χ0n) is 10.4. The van der Waals surface area contributed by atoms with Crippen LogP contribution in [0.25, 0.3) is 0 Å². The monoisotopic (exact) mass is 238 g/mol. The van der Waals surface area contributed by atoms with Gasteiger partial charge in [-0.3, -0.25) is 4.57 Å². The highest BCUT2D eigenvalue weighted by Gasteiger charge is 2.36. The van der Waals surface area contributed by atoms with E-state index < -0.39 is 7.60 Å². The van der Waals surface area contributed by atoms with Gasteiger partial charge < -0.3 is 13.8 Å². The SMILES string of the molecule is CCOC(C)C(C)P(=O)(OCC)OCC. The van der Waals surface area contributed by atoms with Crippen molar-refractivity contribution in [1.29, 1.82) is 0 Å². The van der Waals surface area contributed by atoms with Crippen molar-refractivity contribution in [3.05, 3.63) is 0 Å². The van der Waals surface area contributed by atoms with Gasteiger partial charge in [-0.1, -0.05) is 0 Å². The van der Waals surface area contributed by atoms with Crippen LogP contribution in [0.1, 0.15) is 34.6 Å². The average Bonchev–Trinajstić information content (AvgIpc) is 2.17. The molecule has 92 valence electrons. The van der Waals surface area contributed by atoms with Crippen molar-refractivity contribution in [2.45, 2.75) is 46.4 Å². The molecule has 5 heteroatoms. The summed E-state index contributed by atoms with van der Waals surface area (Å²) in [5.41, 5.74) is -0.239. The third-order valence-corrected chi connectivity index (χ3v) is 4.88. The van der Waals surface area contributed by atoms with Crippen LogP contribution in [0.3, 0.4) is 0 Å². The lowest BCUT2D eigenvalue weighted by atomic mass is 10.3. The molecule has 0 aliphatic heterocycles. The fourth-order valence-electron chi connectivity index (χ4n) is 1.29. The van der Waals surface area contributed by atoms with Crippen LogP contribution < -0.4 is 0 Å². The first-order chi connectivity index (χ1) is 7.01. The number of rotatable bonds is 8. The van der Waals surface area contributed by atoms with Crippen molar-refractivity contribution in [3.63, 3.8) is 0 Å². The Labute approximate surface area is 92.8 Å². The molecule has 0 amide bonds. The van der Waals surface area contributed by atoms with Crippen molar-refractivity contribution >= 4 is 7.60 Å². The molecule has 0 radical (unpaired) electrons. The molecule has 0 N–H and O–H groups in total. The van der Waals surface area contributed by atoms with Crippen molar-refractivity contribution in [3.8, 4) is 0 Å². The fourth-order valence-corrected chi connectivity index (χ4v) is 3.16. The van der Waals surface area contributed by atoms with Crippen molar-refractivity contribution in [2.75, 3.05) is 19.8 Å². The van der Waals surface area contributed by atoms with Crippen LogP contribution in [-0.2, 0) is 18.3 Å². The lowest BCUT2D eigenvalue weighted by Crippen LogP contribution is -2.25. The second-order valence-corrected chi connectivity index (χ2v) is 5.69. The molecule has 0 heterocycles. The second-order valence-electron chi connectivity index (χ2n) is 3.28. The molecular weight excluding hydrogens is 215 g/mol. The van der Waals surface area contributed by atoms with Crippen LogP contribution in [0, 0.1) is 0 Å². The quantitative estimate of drug-likeness (QED) is 0.609. The minimum Gasteiger partial charge on any atom is -0.378 e. The highest BCUT2D eigenvalue weighted by atomic mass is 31.2. The maximum Gasteiger partial charge on any atom is 0.336 e. The molecular formula is C10H23O4P. The lowest BCUT2D eigenvalue weighted by molar-refractivity contribution is 0.0662. The van der Waals surface area contributed by atoms with Gasteiger partial charge in [-0.15, -0.1) is 0 Å². The molecule has 0 spiro atoms. The Balaban J connectivity index is 4.53. The van der Waals surface area contributed by atoms with Gasteiger partial charge in [0.2, 0.25) is 0 Å². The molecule has 0 bridgehead atoms. The molecule has 0 aliphatic rings. The van der Waals surface area contributed by atoms with Crippen molar-refractivity contribution in [1.82, 2.24) is 0 Å². The minimum atomic E-state index is -3.02. The zero-order chi connectivity index (χ0) is 11.9. The number of hydrogen-bond donors (Lipinski definition) is 0. The summed E-state index contributed by atoms with van der Waals surface area (Å²) in [5, 5.41) is 0. The Morgan fingerprint density at radius 1 is 1.00 bits per heavy atom. The first kappa shape index (κ1) is 15.1. The van der Waals surface area contributed by atoms with E-state index >= 15 is 0 Å². The van der Waals surface area contributed by atoms with Gasteiger partial charge in [-0.25, -0.2) is 0 Å². The molecule has 4 nitrogen and oxygen atoms in total. The molecule has 0 aromatic rings. The van der Waals surface area contributed by atoms with E-state index in [2.05, 4.69) is 0 Å². The van der Waals surface area contributed by atoms with Crippen LogP contribution in [0.15, 0.2) is 0 Å². The zero-order valence-corrected chi connectivity index (χ0v) is 11.3. The van der Waals surface area contributed by atoms with Crippen molar-refractivity contribution < 1.29 is 18.3 Å². The van der Waals surface area contributed by atoms with Gasteiger partial charge in [-0.2, -0.15) is 0 Å². The Bertz CT molecular complexity index is 198. The first-order valence-electron chi connectivity index (χ1n) is 5.52. The van der Waals surface area contributed by atoms with Crippen LogP contribution >= 0.6 is 7.60 Å². The minimum absolute atomic E-state index is 0.126. The topological polar surface area (TPSA) is 44.8 Å². The fraction of sp³-hybridized carbons (Fsp3) is 1.00. The van der Waals surface area contributed by atoms with Gasteiger partial charge in [0.25, 0.3) is 0 Å². The smallest absolute Gasteiger partial charge is 0.336 e. The van der Waals surface area contributed by atoms with E-state index in [1.54, 1.807) is 0 Å². The first-order valence-corrected chi connectivity index (χ1v) is 7.13. The van der Waals surface area contributed by atoms with Crippen LogP contribution in [-0.4, -0.2) is 31.6 Å². The van der Waals surface area contributed by atoms with E-state index in [0.717, 1.165) is 0 Å². The van der Waals surface area contributed by atoms with Crippen LogP contribution in [0.5, 0.6) is 0 Å². The molecule has 0 saturated heterocycles. The van der Waals surface area contributed by atoms with Crippen molar-refractivity contribution in [2.24, 2.45) is 0 Å². The normalized spacial score (nSPS) is 16.3. The van der Waals surface area contributed by atoms with Gasteiger partial charge in [0.05, 0.1) is 25.0 Å². The molecule has 0 saturated carbocycles. The van der Waals surface area contributed by atoms with E-state index in [1.807, 2.05) is 34.6 Å². The van der Waals surface area contributed by atoms with Crippen LogP contribution in [0.2, 0.25) is 0 Å². The number of ether oxygens (including phenoxy) is 1. The average molecular weight is 238 g/mol. The Hall–Kier alpha value is 0.110. The van der Waals surface area contributed by atoms with E-state index in [0.29, 0.717) is 19.8 Å². The van der Waals surface area contributed by atoms with Gasteiger partial charge >= 0.3 is 7.60 Å². The summed E-state index contributed by atoms with van der Waals surface area (Å²) in [4.78, 5) is 0. The summed E-state index contributed by atoms with van der Waals surface area (Å²) in [5.74, 6) is 0. The molecule has 0 fully saturated rings. The van der Waals surface area contributed by atoms with Crippen LogP contribution in [0.4, 0.5) is 0 Å². The Kier molecular flexibility index (Phi) is 7.45. The van der Waals surface area contributed by atoms with E-state index in [4.69, 9.17) is 13.8 Å². The summed E-state index contributed by atoms with van der Waals surface area (Å²) in [6, 6.07) is 0. The van der Waals surface area contributed by atoms with Gasteiger partial charge in [0.15, 0.2) is 0 Å². The largest absolute Gasteiger partial charge is 0.378 e. The predicted molar refractivity (Wildman–Crippen MR) is 61.4 cm³/mol. The summed E-state index contributed by atoms with van der Waals surface area (Å²) < 4.78 is 28.2. The predicted octanol–water partition coefficient (Wildman–Crippen LogP) is 3.07. The molecule has 0 aromatic carbocycles. The molecule has 0 aromatic heterocycles. The third kappa shape index (κ3) is 4.64. The molecule has 0 aliphatic carbocycles. The van der Waals surface area contributed by atoms with Gasteiger partial charge in [0, 0.05) is 6.61 Å². The summed E-state index contributed by atoms with van der Waals surface area (Å²) in [6.07, 6.45) is -0.126.